The number of hydrogen-bond donors (Lipinski definition) is 0. The van der Waals surface area contributed by atoms with Gasteiger partial charge in [0.1, 0.15) is 4.84 Å². The number of alkyl halides is 2. The van der Waals surface area contributed by atoms with E-state index in [1.807, 2.05) is 0 Å². The van der Waals surface area contributed by atoms with Gasteiger partial charge in [0.2, 0.25) is 0 Å². The largest absolute Gasteiger partial charge is 0.545 e. The van der Waals surface area contributed by atoms with E-state index < -0.39 is 11.9 Å². The first-order valence-corrected chi connectivity index (χ1v) is 5.02. The summed E-state index contributed by atoms with van der Waals surface area (Å²) in [6.07, 6.45) is 0. The molecule has 4 nitrogen and oxygen atoms in total. The molecule has 0 aliphatic heterocycles. The Bertz CT molecular complexity index is 324. The minimum Gasteiger partial charge on any atom is -0.545 e. The van der Waals surface area contributed by atoms with Crippen molar-refractivity contribution < 1.29 is 19.8 Å². The molecule has 0 bridgehead atoms. The summed E-state index contributed by atoms with van der Waals surface area (Å²) in [5, 5.41) is 20.4. The Morgan fingerprint density at radius 3 is 1.31 bits per heavy atom. The molecule has 0 atom stereocenters. The van der Waals surface area contributed by atoms with Crippen molar-refractivity contribution in [1.82, 2.24) is 0 Å². The lowest BCUT2D eigenvalue weighted by Crippen LogP contribution is -2.24. The van der Waals surface area contributed by atoms with Crippen molar-refractivity contribution in [2.24, 2.45) is 0 Å². The van der Waals surface area contributed by atoms with Gasteiger partial charge in [-0.15, -0.1) is 23.2 Å². The van der Waals surface area contributed by atoms with Gasteiger partial charge in [-0.25, -0.2) is 0 Å². The Labute approximate surface area is 102 Å². The van der Waals surface area contributed by atoms with Crippen molar-refractivity contribution in [2.45, 2.75) is 11.8 Å². The molecule has 0 amide bonds. The number of carboxylic acids is 2. The van der Waals surface area contributed by atoms with Crippen molar-refractivity contribution in [2.75, 3.05) is 0 Å². The van der Waals surface area contributed by atoms with E-state index in [0.29, 0.717) is 0 Å². The Balaban J connectivity index is 0.000000487. The van der Waals surface area contributed by atoms with Crippen molar-refractivity contribution in [3.05, 3.63) is 35.4 Å². The third-order valence-corrected chi connectivity index (χ3v) is 1.36. The van der Waals surface area contributed by atoms with Crippen LogP contribution in [0.1, 0.15) is 27.6 Å². The fourth-order valence-electron chi connectivity index (χ4n) is 0.742. The molecule has 0 N–H and O–H groups in total. The van der Waals surface area contributed by atoms with Gasteiger partial charge in [-0.1, -0.05) is 24.3 Å². The lowest BCUT2D eigenvalue weighted by molar-refractivity contribution is -0.256. The van der Waals surface area contributed by atoms with E-state index in [2.05, 4.69) is 0 Å². The summed E-state index contributed by atoms with van der Waals surface area (Å²) in [4.78, 5) is 20.2. The van der Waals surface area contributed by atoms with E-state index in [1.54, 1.807) is 6.92 Å². The lowest BCUT2D eigenvalue weighted by Gasteiger charge is -2.04. The fourth-order valence-corrected chi connectivity index (χ4v) is 0.742. The Morgan fingerprint density at radius 1 is 1.00 bits per heavy atom. The molecule has 0 radical (unpaired) electrons. The summed E-state index contributed by atoms with van der Waals surface area (Å²) in [7, 11) is 0. The second-order valence-electron chi connectivity index (χ2n) is 2.67. The molecule has 0 saturated heterocycles. The highest BCUT2D eigenvalue weighted by Crippen LogP contribution is 2.01. The standard InChI is InChI=1S/C8H6O4.C2H4Cl2/c9-7(10)5-1-2-6(4-3-5)8(11)12;1-2(3)4/h1-4H,(H,9,10)(H,11,12);2H,1H3/p-2. The number of carbonyl (C=O) groups excluding carboxylic acids is 2. The second kappa shape index (κ2) is 7.09. The third-order valence-electron chi connectivity index (χ3n) is 1.36. The molecular formula is C10H8Cl2O4-2. The van der Waals surface area contributed by atoms with Crippen LogP contribution in [0.15, 0.2) is 24.3 Å². The molecule has 0 aliphatic rings. The molecule has 0 aliphatic carbocycles. The van der Waals surface area contributed by atoms with E-state index >= 15 is 0 Å². The van der Waals surface area contributed by atoms with Crippen LogP contribution in [0.2, 0.25) is 0 Å². The zero-order valence-corrected chi connectivity index (χ0v) is 9.79. The Hall–Kier alpha value is -1.26. The van der Waals surface area contributed by atoms with E-state index in [0.717, 1.165) is 24.3 Å². The van der Waals surface area contributed by atoms with Gasteiger partial charge in [-0.3, -0.25) is 0 Å². The molecule has 16 heavy (non-hydrogen) atoms. The Kier molecular flexibility index (Phi) is 6.53. The topological polar surface area (TPSA) is 80.3 Å². The van der Waals surface area contributed by atoms with Gasteiger partial charge >= 0.3 is 0 Å². The highest BCUT2D eigenvalue weighted by Gasteiger charge is 1.94. The van der Waals surface area contributed by atoms with E-state index in [9.17, 15) is 19.8 Å². The summed E-state index contributed by atoms with van der Waals surface area (Å²) in [5.41, 5.74) is -0.111. The van der Waals surface area contributed by atoms with E-state index in [1.165, 1.54) is 0 Å². The maximum atomic E-state index is 10.2. The van der Waals surface area contributed by atoms with E-state index in [4.69, 9.17) is 23.2 Å². The van der Waals surface area contributed by atoms with Gasteiger partial charge in [0.15, 0.2) is 0 Å². The van der Waals surface area contributed by atoms with Crippen molar-refractivity contribution in [1.29, 1.82) is 0 Å². The van der Waals surface area contributed by atoms with Gasteiger partial charge in [0.25, 0.3) is 0 Å². The van der Waals surface area contributed by atoms with Crippen molar-refractivity contribution in [3.8, 4) is 0 Å². The predicted octanol–water partition coefficient (Wildman–Crippen LogP) is 0.224. The number of benzene rings is 1. The molecule has 1 rings (SSSR count). The third kappa shape index (κ3) is 6.27. The highest BCUT2D eigenvalue weighted by atomic mass is 35.5. The number of carboxylic acid groups (broad SMARTS) is 2. The zero-order valence-electron chi connectivity index (χ0n) is 8.28. The summed E-state index contributed by atoms with van der Waals surface area (Å²) in [6, 6.07) is 4.61. The average Bonchev–Trinajstić information content (AvgIpc) is 2.17. The first-order chi connectivity index (χ1) is 7.34. The molecule has 0 unspecified atom stereocenters. The molecule has 0 heterocycles. The van der Waals surface area contributed by atoms with Crippen LogP contribution < -0.4 is 10.2 Å². The van der Waals surface area contributed by atoms with Crippen LogP contribution in [0.3, 0.4) is 0 Å². The highest BCUT2D eigenvalue weighted by molar-refractivity contribution is 6.43. The molecule has 0 saturated carbocycles. The first-order valence-electron chi connectivity index (χ1n) is 4.15. The molecule has 0 fully saturated rings. The monoisotopic (exact) mass is 262 g/mol. The van der Waals surface area contributed by atoms with Gasteiger partial charge < -0.3 is 19.8 Å². The number of halogens is 2. The smallest absolute Gasteiger partial charge is 0.105 e. The minimum atomic E-state index is -1.33. The van der Waals surface area contributed by atoms with Gasteiger partial charge in [0.05, 0.1) is 11.9 Å². The average molecular weight is 263 g/mol. The second-order valence-corrected chi connectivity index (χ2v) is 4.20. The molecule has 1 aromatic carbocycles. The van der Waals surface area contributed by atoms with Crippen LogP contribution in [0.5, 0.6) is 0 Å². The molecular weight excluding hydrogens is 255 g/mol. The maximum Gasteiger partial charge on any atom is 0.105 e. The molecule has 6 heteroatoms. The Morgan fingerprint density at radius 2 is 1.19 bits per heavy atom. The predicted molar refractivity (Wildman–Crippen MR) is 56.3 cm³/mol. The van der Waals surface area contributed by atoms with E-state index in [-0.39, 0.29) is 16.0 Å². The van der Waals surface area contributed by atoms with Crippen LogP contribution in [-0.4, -0.2) is 16.8 Å². The molecule has 0 aromatic heterocycles. The number of rotatable bonds is 2. The normalized spacial score (nSPS) is 9.25. The number of aromatic carboxylic acids is 2. The van der Waals surface area contributed by atoms with Crippen LogP contribution in [0, 0.1) is 0 Å². The number of carbonyl (C=O) groups is 2. The van der Waals surface area contributed by atoms with Crippen LogP contribution in [0.4, 0.5) is 0 Å². The van der Waals surface area contributed by atoms with Gasteiger partial charge in [0, 0.05) is 0 Å². The molecule has 88 valence electrons. The van der Waals surface area contributed by atoms with Crippen LogP contribution in [-0.2, 0) is 0 Å². The zero-order chi connectivity index (χ0) is 12.7. The lowest BCUT2D eigenvalue weighted by atomic mass is 10.1. The summed E-state index contributed by atoms with van der Waals surface area (Å²) >= 11 is 10.1. The SMILES string of the molecule is CC(Cl)Cl.O=C([O-])c1ccc(C(=O)[O-])cc1. The molecule has 0 spiro atoms. The summed E-state index contributed by atoms with van der Waals surface area (Å²) in [6.45, 7) is 1.70. The number of hydrogen-bond acceptors (Lipinski definition) is 4. The van der Waals surface area contributed by atoms with Crippen molar-refractivity contribution >= 4 is 35.1 Å². The van der Waals surface area contributed by atoms with Gasteiger partial charge in [-0.05, 0) is 18.1 Å². The van der Waals surface area contributed by atoms with Gasteiger partial charge in [-0.2, -0.15) is 0 Å². The van der Waals surface area contributed by atoms with Crippen LogP contribution >= 0.6 is 23.2 Å². The minimum absolute atomic E-state index is 0.0556. The summed E-state index contributed by atoms with van der Waals surface area (Å²) < 4.78 is 0. The first kappa shape index (κ1) is 14.7. The maximum absolute atomic E-state index is 10.2. The van der Waals surface area contributed by atoms with Crippen molar-refractivity contribution in [3.63, 3.8) is 0 Å². The molecule has 1 aromatic rings. The summed E-state index contributed by atoms with van der Waals surface area (Å²) in [5.74, 6) is -2.67. The van der Waals surface area contributed by atoms with Crippen LogP contribution in [0.25, 0.3) is 0 Å². The fraction of sp³-hybridized carbons (Fsp3) is 0.200. The quantitative estimate of drug-likeness (QED) is 0.715.